The Balaban J connectivity index is 2.58. The zero-order valence-corrected chi connectivity index (χ0v) is 8.49. The second kappa shape index (κ2) is 4.56. The Morgan fingerprint density at radius 3 is 2.55 bits per heavy atom. The van der Waals surface area contributed by atoms with Crippen molar-refractivity contribution in [2.45, 2.75) is 0 Å². The van der Waals surface area contributed by atoms with E-state index in [9.17, 15) is 0 Å². The maximum absolute atomic E-state index is 8.73. The second-order valence-corrected chi connectivity index (χ2v) is 5.69. The Labute approximate surface area is 76.8 Å². The third-order valence-electron chi connectivity index (χ3n) is 1.18. The molecule has 0 saturated heterocycles. The summed E-state index contributed by atoms with van der Waals surface area (Å²) in [5.41, 5.74) is 0. The summed E-state index contributed by atoms with van der Waals surface area (Å²) in [5.74, 6) is 0. The van der Waals surface area contributed by atoms with Crippen molar-refractivity contribution >= 4 is 24.5 Å². The van der Waals surface area contributed by atoms with E-state index >= 15 is 0 Å². The van der Waals surface area contributed by atoms with Crippen LogP contribution >= 0.6 is 0 Å². The molecule has 0 saturated carbocycles. The topological polar surface area (TPSA) is 20.2 Å². The number of hydrogen-bond acceptors (Lipinski definition) is 1. The van der Waals surface area contributed by atoms with Gasteiger partial charge in [-0.3, -0.25) is 0 Å². The quantitative estimate of drug-likeness (QED) is 0.787. The number of aliphatic hydroxyl groups is 1. The fourth-order valence-electron chi connectivity index (χ4n) is 0.687. The van der Waals surface area contributed by atoms with Crippen LogP contribution in [-0.4, -0.2) is 32.6 Å². The second-order valence-electron chi connectivity index (χ2n) is 2.11. The van der Waals surface area contributed by atoms with Crippen molar-refractivity contribution in [1.82, 2.24) is 0 Å². The first-order valence-corrected chi connectivity index (χ1v) is 5.67. The van der Waals surface area contributed by atoms with Crippen molar-refractivity contribution in [1.29, 1.82) is 0 Å². The molecule has 0 heterocycles. The molecule has 0 bridgehead atoms. The number of rotatable bonds is 3. The number of benzene rings is 1. The van der Waals surface area contributed by atoms with E-state index in [0.29, 0.717) is 0 Å². The summed E-state index contributed by atoms with van der Waals surface area (Å²) in [5, 5.41) is 8.73. The third kappa shape index (κ3) is 3.07. The average molecular weight is 262 g/mol. The molecule has 1 nitrogen and oxygen atoms in total. The molecule has 0 fully saturated rings. The fraction of sp³-hybridized carbons (Fsp3) is 0.111. The molecule has 0 aliphatic carbocycles. The number of aliphatic hydroxyl groups excluding tert-OH is 1. The molecule has 0 amide bonds. The van der Waals surface area contributed by atoms with Crippen LogP contribution in [0, 0.1) is 0 Å². The summed E-state index contributed by atoms with van der Waals surface area (Å²) in [6, 6.07) is 10.2. The molecule has 0 aliphatic heterocycles. The van der Waals surface area contributed by atoms with Gasteiger partial charge in [-0.25, -0.2) is 0 Å². The Morgan fingerprint density at radius 2 is 2.00 bits per heavy atom. The predicted molar refractivity (Wildman–Crippen MR) is 48.1 cm³/mol. The standard InChI is InChI=1S/C9H10OTe/c1-8(7-10)11-9-5-3-2-4-6-9/h2-6,10H,1,7H2. The SMILES string of the molecule is C=C(CO)[Te]c1ccccc1. The van der Waals surface area contributed by atoms with Gasteiger partial charge in [0.15, 0.2) is 0 Å². The van der Waals surface area contributed by atoms with Gasteiger partial charge in [0, 0.05) is 0 Å². The zero-order valence-electron chi connectivity index (χ0n) is 6.16. The van der Waals surface area contributed by atoms with Crippen LogP contribution in [0.1, 0.15) is 0 Å². The van der Waals surface area contributed by atoms with Gasteiger partial charge in [0.25, 0.3) is 0 Å². The molecular weight excluding hydrogens is 252 g/mol. The molecule has 0 unspecified atom stereocenters. The Kier molecular flexibility index (Phi) is 3.65. The third-order valence-corrected chi connectivity index (χ3v) is 3.82. The molecule has 1 aromatic carbocycles. The molecule has 0 aromatic heterocycles. The summed E-state index contributed by atoms with van der Waals surface area (Å²) in [6.07, 6.45) is 0. The van der Waals surface area contributed by atoms with Crippen LogP contribution in [0.25, 0.3) is 0 Å². The van der Waals surface area contributed by atoms with Gasteiger partial charge in [-0.05, 0) is 0 Å². The van der Waals surface area contributed by atoms with Crippen LogP contribution in [0.4, 0.5) is 0 Å². The van der Waals surface area contributed by atoms with Crippen LogP contribution in [0.2, 0.25) is 0 Å². The molecule has 11 heavy (non-hydrogen) atoms. The summed E-state index contributed by atoms with van der Waals surface area (Å²) in [6.45, 7) is 3.91. The monoisotopic (exact) mass is 264 g/mol. The van der Waals surface area contributed by atoms with Gasteiger partial charge in [-0.2, -0.15) is 0 Å². The molecule has 1 N–H and O–H groups in total. The molecule has 0 atom stereocenters. The van der Waals surface area contributed by atoms with Gasteiger partial charge in [-0.1, -0.05) is 0 Å². The van der Waals surface area contributed by atoms with Gasteiger partial charge < -0.3 is 0 Å². The molecular formula is C9H10OTe. The molecule has 58 valence electrons. The van der Waals surface area contributed by atoms with E-state index in [0.717, 1.165) is 3.62 Å². The van der Waals surface area contributed by atoms with Gasteiger partial charge in [0.1, 0.15) is 0 Å². The molecule has 1 aromatic rings. The predicted octanol–water partition coefficient (Wildman–Crippen LogP) is 0.522. The fourth-order valence-corrected chi connectivity index (χ4v) is 2.66. The van der Waals surface area contributed by atoms with Crippen molar-refractivity contribution in [2.24, 2.45) is 0 Å². The molecule has 0 aliphatic rings. The van der Waals surface area contributed by atoms with Crippen LogP contribution < -0.4 is 3.61 Å². The number of hydrogen-bond donors (Lipinski definition) is 1. The van der Waals surface area contributed by atoms with Gasteiger partial charge in [-0.15, -0.1) is 0 Å². The minimum atomic E-state index is -0.354. The summed E-state index contributed by atoms with van der Waals surface area (Å²) >= 11 is -0.354. The summed E-state index contributed by atoms with van der Waals surface area (Å²) in [7, 11) is 0. The van der Waals surface area contributed by atoms with E-state index in [4.69, 9.17) is 5.11 Å². The zero-order chi connectivity index (χ0) is 8.10. The Bertz CT molecular complexity index is 231. The van der Waals surface area contributed by atoms with Crippen LogP contribution in [0.3, 0.4) is 0 Å². The Hall–Kier alpha value is -0.290. The first kappa shape index (κ1) is 8.80. The first-order valence-electron chi connectivity index (χ1n) is 3.34. The molecule has 0 radical (unpaired) electrons. The van der Waals surface area contributed by atoms with Crippen LogP contribution in [-0.2, 0) is 0 Å². The van der Waals surface area contributed by atoms with E-state index < -0.39 is 0 Å². The van der Waals surface area contributed by atoms with Crippen LogP contribution in [0.15, 0.2) is 40.5 Å². The first-order chi connectivity index (χ1) is 5.33. The van der Waals surface area contributed by atoms with Gasteiger partial charge in [0.2, 0.25) is 0 Å². The molecule has 2 heteroatoms. The van der Waals surface area contributed by atoms with E-state index in [1.165, 1.54) is 3.61 Å². The average Bonchev–Trinajstić information content (AvgIpc) is 2.06. The van der Waals surface area contributed by atoms with Gasteiger partial charge in [0.05, 0.1) is 0 Å². The normalized spacial score (nSPS) is 9.55. The summed E-state index contributed by atoms with van der Waals surface area (Å²) in [4.78, 5) is 0. The van der Waals surface area contributed by atoms with E-state index in [1.54, 1.807) is 0 Å². The maximum atomic E-state index is 8.73. The van der Waals surface area contributed by atoms with Crippen molar-refractivity contribution in [3.63, 3.8) is 0 Å². The Morgan fingerprint density at radius 1 is 1.36 bits per heavy atom. The van der Waals surface area contributed by atoms with Crippen molar-refractivity contribution in [2.75, 3.05) is 6.61 Å². The minimum absolute atomic E-state index is 0.136. The van der Waals surface area contributed by atoms with Crippen molar-refractivity contribution < 1.29 is 5.11 Å². The molecule has 1 rings (SSSR count). The molecule has 0 spiro atoms. The van der Waals surface area contributed by atoms with E-state index in [1.807, 2.05) is 18.2 Å². The van der Waals surface area contributed by atoms with Crippen molar-refractivity contribution in [3.05, 3.63) is 40.5 Å². The van der Waals surface area contributed by atoms with Gasteiger partial charge >= 0.3 is 76.8 Å². The summed E-state index contributed by atoms with van der Waals surface area (Å²) < 4.78 is 2.32. The van der Waals surface area contributed by atoms with E-state index in [2.05, 4.69) is 18.7 Å². The van der Waals surface area contributed by atoms with Crippen molar-refractivity contribution in [3.8, 4) is 0 Å². The van der Waals surface area contributed by atoms with E-state index in [-0.39, 0.29) is 27.5 Å². The van der Waals surface area contributed by atoms with Crippen LogP contribution in [0.5, 0.6) is 0 Å².